The Morgan fingerprint density at radius 3 is 2.54 bits per heavy atom. The van der Waals surface area contributed by atoms with Crippen molar-refractivity contribution in [3.63, 3.8) is 0 Å². The van der Waals surface area contributed by atoms with Gasteiger partial charge in [0.1, 0.15) is 11.6 Å². The molecule has 2 aliphatic rings. The molecule has 2 aromatic carbocycles. The summed E-state index contributed by atoms with van der Waals surface area (Å²) < 4.78 is 39.0. The highest BCUT2D eigenvalue weighted by molar-refractivity contribution is 6.32. The molecule has 2 fully saturated rings. The molecule has 6 rings (SSSR count). The second kappa shape index (κ2) is 7.96. The predicted octanol–water partition coefficient (Wildman–Crippen LogP) is 3.81. The number of hydrogen-bond acceptors (Lipinski definition) is 5. The molecule has 2 aromatic heterocycles. The van der Waals surface area contributed by atoms with E-state index in [1.165, 1.54) is 30.5 Å². The summed E-state index contributed by atoms with van der Waals surface area (Å²) in [5.41, 5.74) is 2.23. The molecule has 2 aliphatic heterocycles. The van der Waals surface area contributed by atoms with E-state index in [0.29, 0.717) is 26.7 Å². The third-order valence-corrected chi connectivity index (χ3v) is 7.13. The summed E-state index contributed by atoms with van der Waals surface area (Å²) in [5, 5.41) is 14.6. The molecule has 7 nitrogen and oxygen atoms in total. The minimum Gasteiger partial charge on any atom is -0.507 e. The van der Waals surface area contributed by atoms with Gasteiger partial charge in [-0.25, -0.2) is 9.18 Å². The Hall–Kier alpha value is -3.62. The van der Waals surface area contributed by atoms with Crippen LogP contribution in [0.2, 0.25) is 5.02 Å². The van der Waals surface area contributed by atoms with Crippen molar-refractivity contribution in [1.82, 2.24) is 19.4 Å². The summed E-state index contributed by atoms with van der Waals surface area (Å²) >= 11 is 6.47. The zero-order valence-electron chi connectivity index (χ0n) is 21.5. The van der Waals surface area contributed by atoms with Crippen molar-refractivity contribution in [1.29, 1.82) is 0 Å². The van der Waals surface area contributed by atoms with Crippen LogP contribution in [-0.4, -0.2) is 45.4 Å². The van der Waals surface area contributed by atoms with Crippen LogP contribution in [0.4, 0.5) is 10.1 Å². The van der Waals surface area contributed by atoms with Gasteiger partial charge in [-0.15, -0.1) is 0 Å². The lowest BCUT2D eigenvalue weighted by Gasteiger charge is -2.57. The van der Waals surface area contributed by atoms with Crippen molar-refractivity contribution in [2.75, 3.05) is 31.1 Å². The van der Waals surface area contributed by atoms with Gasteiger partial charge in [-0.05, 0) is 35.9 Å². The normalized spacial score (nSPS) is 17.9. The second-order valence-corrected chi connectivity index (χ2v) is 9.64. The van der Waals surface area contributed by atoms with Crippen LogP contribution in [0.5, 0.6) is 5.75 Å². The fourth-order valence-corrected chi connectivity index (χ4v) is 5.14. The number of benzene rings is 2. The molecule has 4 heterocycles. The fraction of sp³-hybridized carbons (Fsp3) is 0.231. The molecule has 0 atom stereocenters. The van der Waals surface area contributed by atoms with Gasteiger partial charge < -0.3 is 19.9 Å². The summed E-state index contributed by atoms with van der Waals surface area (Å²) in [4.78, 5) is 19.1. The second-order valence-electron chi connectivity index (χ2n) is 9.23. The molecule has 178 valence electrons. The molecule has 9 heteroatoms. The number of pyridine rings is 1. The molecule has 0 radical (unpaired) electrons. The minimum absolute atomic E-state index is 0.124. The summed E-state index contributed by atoms with van der Waals surface area (Å²) in [6.45, 7) is 1.23. The molecule has 0 aliphatic carbocycles. The predicted molar refractivity (Wildman–Crippen MR) is 134 cm³/mol. The quantitative estimate of drug-likeness (QED) is 0.451. The van der Waals surface area contributed by atoms with Crippen molar-refractivity contribution in [3.8, 4) is 33.7 Å². The number of phenols is 1. The van der Waals surface area contributed by atoms with Gasteiger partial charge in [0.05, 0.1) is 22.6 Å². The highest BCUT2D eigenvalue weighted by atomic mass is 35.5. The first-order valence-corrected chi connectivity index (χ1v) is 11.5. The van der Waals surface area contributed by atoms with Crippen molar-refractivity contribution < 1.29 is 13.6 Å². The first-order chi connectivity index (χ1) is 18.0. The third kappa shape index (κ3) is 3.61. The van der Waals surface area contributed by atoms with Crippen LogP contribution in [-0.2, 0) is 6.98 Å². The van der Waals surface area contributed by atoms with Gasteiger partial charge in [-0.2, -0.15) is 0 Å². The van der Waals surface area contributed by atoms with Crippen LogP contribution >= 0.6 is 11.6 Å². The Morgan fingerprint density at radius 2 is 1.89 bits per heavy atom. The Balaban J connectivity index is 1.34. The zero-order valence-corrected chi connectivity index (χ0v) is 19.3. The molecular formula is C26H23ClFN5O2. The molecule has 0 bridgehead atoms. The van der Waals surface area contributed by atoms with Crippen LogP contribution in [0.1, 0.15) is 4.11 Å². The van der Waals surface area contributed by atoms with Crippen molar-refractivity contribution in [3.05, 3.63) is 82.5 Å². The Bertz CT molecular complexity index is 1620. The van der Waals surface area contributed by atoms with E-state index in [4.69, 9.17) is 15.7 Å². The number of nitrogens with one attached hydrogen (secondary N) is 1. The van der Waals surface area contributed by atoms with E-state index in [2.05, 4.69) is 15.2 Å². The van der Waals surface area contributed by atoms with E-state index >= 15 is 0 Å². The zero-order chi connectivity index (χ0) is 26.8. The fourth-order valence-electron chi connectivity index (χ4n) is 4.87. The summed E-state index contributed by atoms with van der Waals surface area (Å²) in [5.74, 6) is -0.684. The maximum Gasteiger partial charge on any atom is 0.332 e. The first-order valence-electron chi connectivity index (χ1n) is 12.6. The Morgan fingerprint density at radius 1 is 1.11 bits per heavy atom. The third-order valence-electron chi connectivity index (χ3n) is 6.82. The largest absolute Gasteiger partial charge is 0.507 e. The number of hydrogen-bond donors (Lipinski definition) is 2. The van der Waals surface area contributed by atoms with Crippen LogP contribution in [0.15, 0.2) is 66.0 Å². The number of imidazole rings is 1. The number of rotatable bonds is 4. The average molecular weight is 495 g/mol. The van der Waals surface area contributed by atoms with Crippen LogP contribution in [0.3, 0.4) is 0 Å². The first kappa shape index (κ1) is 18.7. The summed E-state index contributed by atoms with van der Waals surface area (Å²) in [6.07, 6.45) is 5.82. The number of aryl methyl sites for hydroxylation is 1. The molecule has 0 amide bonds. The standard InChI is InChI=1S/C26H23ClFN5O2/c1-31-4-5-33(25(31)35)23-3-2-16(7-22(23)27)20-8-18(28)9-21(24(20)34)17-6-19(11-29-10-17)32-14-26(15-32)12-30-13-26/h2-11,30,34H,12-15H2,1H3/i1D3. The smallest absolute Gasteiger partial charge is 0.332 e. The van der Waals surface area contributed by atoms with Gasteiger partial charge in [-0.1, -0.05) is 17.7 Å². The van der Waals surface area contributed by atoms with Gasteiger partial charge in [0, 0.05) is 78.0 Å². The highest BCUT2D eigenvalue weighted by Crippen LogP contribution is 2.42. The minimum atomic E-state index is -2.63. The van der Waals surface area contributed by atoms with Gasteiger partial charge >= 0.3 is 5.69 Å². The maximum absolute atomic E-state index is 14.8. The van der Waals surface area contributed by atoms with Crippen LogP contribution in [0, 0.1) is 11.2 Å². The van der Waals surface area contributed by atoms with E-state index in [-0.39, 0.29) is 22.0 Å². The number of halogens is 2. The van der Waals surface area contributed by atoms with Gasteiger partial charge in [0.15, 0.2) is 0 Å². The number of aromatic hydroxyl groups is 1. The van der Waals surface area contributed by atoms with Gasteiger partial charge in [0.25, 0.3) is 0 Å². The average Bonchev–Trinajstić information content (AvgIpc) is 3.20. The molecule has 1 spiro atoms. The number of phenolic OH excluding ortho intramolecular Hbond substituents is 1. The highest BCUT2D eigenvalue weighted by Gasteiger charge is 2.47. The molecule has 2 N–H and O–H groups in total. The van der Waals surface area contributed by atoms with Crippen molar-refractivity contribution >= 4 is 17.3 Å². The van der Waals surface area contributed by atoms with Crippen molar-refractivity contribution in [2.24, 2.45) is 12.4 Å². The maximum atomic E-state index is 14.8. The van der Waals surface area contributed by atoms with Crippen molar-refractivity contribution in [2.45, 2.75) is 0 Å². The van der Waals surface area contributed by atoms with Crippen LogP contribution in [0.25, 0.3) is 27.9 Å². The molecule has 35 heavy (non-hydrogen) atoms. The monoisotopic (exact) mass is 494 g/mol. The van der Waals surface area contributed by atoms with Gasteiger partial charge in [0.2, 0.25) is 0 Å². The summed E-state index contributed by atoms with van der Waals surface area (Å²) in [7, 11) is 0. The summed E-state index contributed by atoms with van der Waals surface area (Å²) in [6, 6.07) is 8.96. The topological polar surface area (TPSA) is 75.3 Å². The molecule has 4 aromatic rings. The Labute approximate surface area is 210 Å². The molecule has 2 saturated heterocycles. The SMILES string of the molecule is [2H]C([2H])([2H])n1ccn(-c2ccc(-c3cc(F)cc(-c4cncc(N5CC6(CNC6)C5)c4)c3O)cc2Cl)c1=O. The molecule has 0 saturated carbocycles. The number of nitrogens with zero attached hydrogens (tertiary/aromatic N) is 4. The lowest BCUT2D eigenvalue weighted by atomic mass is 9.74. The lowest BCUT2D eigenvalue weighted by molar-refractivity contribution is 0.121. The molecular weight excluding hydrogens is 469 g/mol. The Kier molecular flexibility index (Phi) is 4.25. The van der Waals surface area contributed by atoms with E-state index in [1.54, 1.807) is 18.5 Å². The number of anilines is 1. The van der Waals surface area contributed by atoms with Gasteiger partial charge in [-0.3, -0.25) is 9.55 Å². The van der Waals surface area contributed by atoms with E-state index < -0.39 is 18.5 Å². The van der Waals surface area contributed by atoms with E-state index in [1.807, 2.05) is 6.07 Å². The lowest BCUT2D eigenvalue weighted by Crippen LogP contribution is -2.71. The van der Waals surface area contributed by atoms with E-state index in [0.717, 1.165) is 42.6 Å². The van der Waals surface area contributed by atoms with E-state index in [9.17, 15) is 14.3 Å². The number of aromatic nitrogens is 3. The molecule has 0 unspecified atom stereocenters. The van der Waals surface area contributed by atoms with Crippen LogP contribution < -0.4 is 15.9 Å².